The van der Waals surface area contributed by atoms with Crippen LogP contribution in [0.3, 0.4) is 0 Å². The molecule has 1 aliphatic rings. The molecule has 0 atom stereocenters. The van der Waals surface area contributed by atoms with Crippen LogP contribution >= 0.6 is 11.6 Å². The third kappa shape index (κ3) is 4.76. The van der Waals surface area contributed by atoms with Crippen molar-refractivity contribution in [2.24, 2.45) is 5.92 Å². The number of likely N-dealkylation sites (tertiary alicyclic amines) is 1. The number of hydrogen-bond donors (Lipinski definition) is 2. The van der Waals surface area contributed by atoms with Crippen LogP contribution in [0.5, 0.6) is 0 Å². The molecule has 0 radical (unpaired) electrons. The normalized spacial score (nSPS) is 17.8. The lowest BCUT2D eigenvalue weighted by Crippen LogP contribution is -2.34. The molecule has 20 heavy (non-hydrogen) atoms. The van der Waals surface area contributed by atoms with Crippen molar-refractivity contribution in [2.75, 3.05) is 26.7 Å². The number of nitrogens with one attached hydrogen (secondary N) is 2. The first-order valence-electron chi connectivity index (χ1n) is 7.81. The minimum absolute atomic E-state index is 0.631. The van der Waals surface area contributed by atoms with Gasteiger partial charge in [0.25, 0.3) is 0 Å². The van der Waals surface area contributed by atoms with Gasteiger partial charge in [-0.15, -0.1) is 0 Å². The fourth-order valence-electron chi connectivity index (χ4n) is 2.69. The standard InChI is InChI=1S/C15H27ClN4/c1-3-4-5-14-18-13(15(16)19-14)11-17-10-12-6-8-20(2)9-7-12/h12,17H,3-11H2,1-2H3,(H,18,19). The molecule has 1 aliphatic heterocycles. The van der Waals surface area contributed by atoms with E-state index in [1.165, 1.54) is 32.4 Å². The van der Waals surface area contributed by atoms with Gasteiger partial charge in [-0.2, -0.15) is 0 Å². The molecule has 0 saturated carbocycles. The molecule has 5 heteroatoms. The number of nitrogens with zero attached hydrogens (tertiary/aromatic N) is 2. The molecule has 2 rings (SSSR count). The lowest BCUT2D eigenvalue weighted by atomic mass is 9.97. The van der Waals surface area contributed by atoms with Gasteiger partial charge in [-0.3, -0.25) is 0 Å². The smallest absolute Gasteiger partial charge is 0.151 e. The Hall–Kier alpha value is -0.580. The number of hydrogen-bond acceptors (Lipinski definition) is 3. The summed E-state index contributed by atoms with van der Waals surface area (Å²) >= 11 is 6.18. The molecule has 4 nitrogen and oxygen atoms in total. The van der Waals surface area contributed by atoms with Gasteiger partial charge in [0, 0.05) is 13.0 Å². The minimum Gasteiger partial charge on any atom is -0.344 e. The van der Waals surface area contributed by atoms with Crippen molar-refractivity contribution in [2.45, 2.75) is 45.6 Å². The Balaban J connectivity index is 1.72. The van der Waals surface area contributed by atoms with Crippen LogP contribution in [0.15, 0.2) is 0 Å². The van der Waals surface area contributed by atoms with E-state index < -0.39 is 0 Å². The zero-order valence-corrected chi connectivity index (χ0v) is 13.5. The average molecular weight is 299 g/mol. The molecular weight excluding hydrogens is 272 g/mol. The Labute approximate surface area is 127 Å². The number of aryl methyl sites for hydroxylation is 1. The Bertz CT molecular complexity index is 397. The fraction of sp³-hybridized carbons (Fsp3) is 0.800. The first kappa shape index (κ1) is 15.8. The predicted octanol–water partition coefficient (Wildman–Crippen LogP) is 2.84. The van der Waals surface area contributed by atoms with E-state index in [9.17, 15) is 0 Å². The van der Waals surface area contributed by atoms with Crippen LogP contribution in [0, 0.1) is 5.92 Å². The summed E-state index contributed by atoms with van der Waals surface area (Å²) in [6.45, 7) is 6.50. The van der Waals surface area contributed by atoms with Gasteiger partial charge in [0.05, 0.1) is 5.69 Å². The lowest BCUT2D eigenvalue weighted by molar-refractivity contribution is 0.216. The predicted molar refractivity (Wildman–Crippen MR) is 84.1 cm³/mol. The molecule has 0 unspecified atom stereocenters. The molecule has 2 heterocycles. The highest BCUT2D eigenvalue weighted by atomic mass is 35.5. The second-order valence-corrected chi connectivity index (χ2v) is 6.29. The molecule has 0 aliphatic carbocycles. The van der Waals surface area contributed by atoms with Crippen LogP contribution < -0.4 is 5.32 Å². The Morgan fingerprint density at radius 1 is 1.40 bits per heavy atom. The second kappa shape index (κ2) is 8.01. The van der Waals surface area contributed by atoms with E-state index in [0.29, 0.717) is 5.15 Å². The molecule has 0 aromatic carbocycles. The third-order valence-electron chi connectivity index (χ3n) is 4.12. The Morgan fingerprint density at radius 3 is 2.85 bits per heavy atom. The van der Waals surface area contributed by atoms with Crippen molar-refractivity contribution >= 4 is 11.6 Å². The summed E-state index contributed by atoms with van der Waals surface area (Å²) in [4.78, 5) is 10.1. The summed E-state index contributed by atoms with van der Waals surface area (Å²) in [7, 11) is 2.20. The van der Waals surface area contributed by atoms with Gasteiger partial charge in [0.1, 0.15) is 5.82 Å². The fourth-order valence-corrected chi connectivity index (χ4v) is 2.90. The number of H-pyrrole nitrogens is 1. The van der Waals surface area contributed by atoms with Gasteiger partial charge in [-0.1, -0.05) is 24.9 Å². The van der Waals surface area contributed by atoms with Gasteiger partial charge in [0.15, 0.2) is 5.15 Å². The second-order valence-electron chi connectivity index (χ2n) is 5.93. The molecule has 0 amide bonds. The summed E-state index contributed by atoms with van der Waals surface area (Å²) < 4.78 is 0. The van der Waals surface area contributed by atoms with Gasteiger partial charge in [-0.25, -0.2) is 4.98 Å². The van der Waals surface area contributed by atoms with Crippen LogP contribution in [0.4, 0.5) is 0 Å². The summed E-state index contributed by atoms with van der Waals surface area (Å²) in [6, 6.07) is 0. The molecule has 1 aromatic rings. The van der Waals surface area contributed by atoms with Gasteiger partial charge in [0.2, 0.25) is 0 Å². The van der Waals surface area contributed by atoms with E-state index in [4.69, 9.17) is 11.6 Å². The number of piperidine rings is 1. The lowest BCUT2D eigenvalue weighted by Gasteiger charge is -2.28. The van der Waals surface area contributed by atoms with Crippen LogP contribution in [0.1, 0.15) is 44.1 Å². The SMILES string of the molecule is CCCCc1nc(Cl)c(CNCC2CCN(C)CC2)[nH]1. The number of unbranched alkanes of at least 4 members (excludes halogenated alkanes) is 1. The Kier molecular flexibility index (Phi) is 6.33. The highest BCUT2D eigenvalue weighted by Gasteiger charge is 2.16. The van der Waals surface area contributed by atoms with Crippen molar-refractivity contribution in [3.05, 3.63) is 16.7 Å². The van der Waals surface area contributed by atoms with Gasteiger partial charge in [-0.05, 0) is 51.9 Å². The van der Waals surface area contributed by atoms with E-state index in [0.717, 1.165) is 43.4 Å². The topological polar surface area (TPSA) is 44.0 Å². The van der Waals surface area contributed by atoms with Crippen LogP contribution in [0.25, 0.3) is 0 Å². The quantitative estimate of drug-likeness (QED) is 0.813. The van der Waals surface area contributed by atoms with Crippen molar-refractivity contribution in [3.8, 4) is 0 Å². The highest BCUT2D eigenvalue weighted by Crippen LogP contribution is 2.16. The summed E-state index contributed by atoms with van der Waals surface area (Å²) in [5.74, 6) is 1.82. The van der Waals surface area contributed by atoms with E-state index in [-0.39, 0.29) is 0 Å². The molecule has 1 saturated heterocycles. The maximum atomic E-state index is 6.18. The number of imidazole rings is 1. The monoisotopic (exact) mass is 298 g/mol. The van der Waals surface area contributed by atoms with Crippen molar-refractivity contribution in [1.82, 2.24) is 20.2 Å². The molecule has 114 valence electrons. The largest absolute Gasteiger partial charge is 0.344 e. The first-order chi connectivity index (χ1) is 9.69. The number of halogens is 1. The van der Waals surface area contributed by atoms with Crippen LogP contribution in [-0.4, -0.2) is 41.5 Å². The maximum Gasteiger partial charge on any atom is 0.151 e. The van der Waals surface area contributed by atoms with Crippen molar-refractivity contribution in [1.29, 1.82) is 0 Å². The Morgan fingerprint density at radius 2 is 2.15 bits per heavy atom. The average Bonchev–Trinajstić information content (AvgIpc) is 2.79. The van der Waals surface area contributed by atoms with E-state index >= 15 is 0 Å². The third-order valence-corrected chi connectivity index (χ3v) is 4.43. The minimum atomic E-state index is 0.631. The van der Waals surface area contributed by atoms with Crippen molar-refractivity contribution < 1.29 is 0 Å². The summed E-state index contributed by atoms with van der Waals surface area (Å²) in [5, 5.41) is 4.15. The molecule has 1 aromatic heterocycles. The van der Waals surface area contributed by atoms with Gasteiger partial charge < -0.3 is 15.2 Å². The zero-order chi connectivity index (χ0) is 14.4. The number of aromatic nitrogens is 2. The maximum absolute atomic E-state index is 6.18. The zero-order valence-electron chi connectivity index (χ0n) is 12.7. The summed E-state index contributed by atoms with van der Waals surface area (Å²) in [5.41, 5.74) is 1.03. The van der Waals surface area contributed by atoms with E-state index in [2.05, 4.69) is 34.2 Å². The number of rotatable bonds is 7. The summed E-state index contributed by atoms with van der Waals surface area (Å²) in [6.07, 6.45) is 5.92. The van der Waals surface area contributed by atoms with Gasteiger partial charge >= 0.3 is 0 Å². The van der Waals surface area contributed by atoms with Crippen LogP contribution in [-0.2, 0) is 13.0 Å². The molecular formula is C15H27ClN4. The molecule has 2 N–H and O–H groups in total. The highest BCUT2D eigenvalue weighted by molar-refractivity contribution is 6.30. The van der Waals surface area contributed by atoms with Crippen molar-refractivity contribution in [3.63, 3.8) is 0 Å². The number of aromatic amines is 1. The molecule has 0 bridgehead atoms. The van der Waals surface area contributed by atoms with Crippen LogP contribution in [0.2, 0.25) is 5.15 Å². The molecule has 1 fully saturated rings. The van der Waals surface area contributed by atoms with E-state index in [1.54, 1.807) is 0 Å². The first-order valence-corrected chi connectivity index (χ1v) is 8.19. The van der Waals surface area contributed by atoms with E-state index in [1.807, 2.05) is 0 Å². The molecule has 0 spiro atoms.